The van der Waals surface area contributed by atoms with Crippen LogP contribution in [0.1, 0.15) is 24.8 Å². The summed E-state index contributed by atoms with van der Waals surface area (Å²) in [4.78, 5) is 14.7. The number of anilines is 2. The van der Waals surface area contributed by atoms with Crippen molar-refractivity contribution >= 4 is 28.9 Å². The van der Waals surface area contributed by atoms with Crippen molar-refractivity contribution in [1.29, 1.82) is 0 Å². The van der Waals surface area contributed by atoms with E-state index in [9.17, 15) is 4.79 Å². The molecule has 1 heterocycles. The van der Waals surface area contributed by atoms with Crippen LogP contribution in [0, 0.1) is 12.3 Å². The number of nitrogens with zero attached hydrogens (tertiary/aromatic N) is 1. The number of benzene rings is 2. The summed E-state index contributed by atoms with van der Waals surface area (Å²) in [6.07, 6.45) is 8.39. The van der Waals surface area contributed by atoms with Crippen LogP contribution in [0.4, 0.5) is 11.4 Å². The number of carbonyl (C=O) groups excluding carboxylic acids is 1. The van der Waals surface area contributed by atoms with E-state index in [1.807, 2.05) is 30.3 Å². The normalized spacial score (nSPS) is 17.1. The lowest BCUT2D eigenvalue weighted by molar-refractivity contribution is -0.122. The fourth-order valence-corrected chi connectivity index (χ4v) is 3.60. The molecule has 0 bridgehead atoms. The lowest BCUT2D eigenvalue weighted by Crippen LogP contribution is -2.47. The Bertz CT molecular complexity index is 816. The van der Waals surface area contributed by atoms with Gasteiger partial charge >= 0.3 is 0 Å². The second kappa shape index (κ2) is 9.45. The van der Waals surface area contributed by atoms with E-state index in [0.29, 0.717) is 23.8 Å². The van der Waals surface area contributed by atoms with E-state index in [4.69, 9.17) is 18.0 Å². The number of hydrogen-bond acceptors (Lipinski definition) is 3. The molecule has 0 spiro atoms. The lowest BCUT2D eigenvalue weighted by atomic mass is 10.0. The average Bonchev–Trinajstić information content (AvgIpc) is 2.69. The summed E-state index contributed by atoms with van der Waals surface area (Å²) in [7, 11) is 0. The van der Waals surface area contributed by atoms with Crippen molar-refractivity contribution in [1.82, 2.24) is 4.90 Å². The van der Waals surface area contributed by atoms with Crippen LogP contribution in [0.2, 0.25) is 5.02 Å². The first kappa shape index (κ1) is 19.3. The van der Waals surface area contributed by atoms with Crippen molar-refractivity contribution in [2.24, 2.45) is 0 Å². The molecule has 5 heteroatoms. The molecule has 140 valence electrons. The van der Waals surface area contributed by atoms with Crippen molar-refractivity contribution in [2.75, 3.05) is 23.7 Å². The SMILES string of the molecule is C#CCN1CCCCC1C(=O)Nc1ccc(NCc2ccccc2)c(Cl)c1. The maximum atomic E-state index is 12.7. The van der Waals surface area contributed by atoms with Gasteiger partial charge in [-0.15, -0.1) is 6.42 Å². The topological polar surface area (TPSA) is 44.4 Å². The Morgan fingerprint density at radius 3 is 2.78 bits per heavy atom. The van der Waals surface area contributed by atoms with Gasteiger partial charge in [-0.05, 0) is 43.1 Å². The maximum Gasteiger partial charge on any atom is 0.241 e. The number of likely N-dealkylation sites (tertiary alicyclic amines) is 1. The maximum absolute atomic E-state index is 12.7. The summed E-state index contributed by atoms with van der Waals surface area (Å²) < 4.78 is 0. The highest BCUT2D eigenvalue weighted by Gasteiger charge is 2.28. The molecule has 1 unspecified atom stereocenters. The highest BCUT2D eigenvalue weighted by atomic mass is 35.5. The molecule has 27 heavy (non-hydrogen) atoms. The zero-order valence-electron chi connectivity index (χ0n) is 15.2. The van der Waals surface area contributed by atoms with Gasteiger partial charge in [0.2, 0.25) is 5.91 Å². The predicted octanol–water partition coefficient (Wildman–Crippen LogP) is 4.38. The molecule has 0 saturated carbocycles. The summed E-state index contributed by atoms with van der Waals surface area (Å²) in [6.45, 7) is 2.06. The number of rotatable bonds is 6. The summed E-state index contributed by atoms with van der Waals surface area (Å²) in [5, 5.41) is 6.88. The van der Waals surface area contributed by atoms with Crippen molar-refractivity contribution in [3.63, 3.8) is 0 Å². The van der Waals surface area contributed by atoms with Gasteiger partial charge in [0, 0.05) is 12.2 Å². The summed E-state index contributed by atoms with van der Waals surface area (Å²) in [6, 6.07) is 15.5. The van der Waals surface area contributed by atoms with Crippen molar-refractivity contribution in [3.8, 4) is 12.3 Å². The molecule has 0 aromatic heterocycles. The summed E-state index contributed by atoms with van der Waals surface area (Å²) >= 11 is 6.39. The fourth-order valence-electron chi connectivity index (χ4n) is 3.35. The minimum absolute atomic E-state index is 0.0222. The Morgan fingerprint density at radius 1 is 1.22 bits per heavy atom. The minimum atomic E-state index is -0.176. The Morgan fingerprint density at radius 2 is 2.04 bits per heavy atom. The molecular formula is C22H24ClN3O. The van der Waals surface area contributed by atoms with E-state index in [-0.39, 0.29) is 11.9 Å². The predicted molar refractivity (Wildman–Crippen MR) is 112 cm³/mol. The van der Waals surface area contributed by atoms with E-state index >= 15 is 0 Å². The monoisotopic (exact) mass is 381 g/mol. The molecule has 2 N–H and O–H groups in total. The number of piperidine rings is 1. The Labute approximate surface area is 165 Å². The van der Waals surface area contributed by atoms with E-state index < -0.39 is 0 Å². The molecule has 1 amide bonds. The van der Waals surface area contributed by atoms with Crippen molar-refractivity contribution in [3.05, 3.63) is 59.1 Å². The third kappa shape index (κ3) is 5.26. The zero-order chi connectivity index (χ0) is 19.1. The highest BCUT2D eigenvalue weighted by molar-refractivity contribution is 6.33. The van der Waals surface area contributed by atoms with Crippen LogP contribution in [0.3, 0.4) is 0 Å². The largest absolute Gasteiger partial charge is 0.380 e. The van der Waals surface area contributed by atoms with Gasteiger partial charge in [0.1, 0.15) is 0 Å². The summed E-state index contributed by atoms with van der Waals surface area (Å²) in [5.41, 5.74) is 2.71. The van der Waals surface area contributed by atoms with Crippen LogP contribution >= 0.6 is 11.6 Å². The number of amides is 1. The molecule has 2 aromatic rings. The van der Waals surface area contributed by atoms with Gasteiger partial charge in [0.25, 0.3) is 0 Å². The quantitative estimate of drug-likeness (QED) is 0.730. The van der Waals surface area contributed by atoms with Gasteiger partial charge in [0.15, 0.2) is 0 Å². The van der Waals surface area contributed by atoms with Gasteiger partial charge in [-0.1, -0.05) is 54.3 Å². The number of halogens is 1. The minimum Gasteiger partial charge on any atom is -0.380 e. The first-order chi connectivity index (χ1) is 13.2. The van der Waals surface area contributed by atoms with E-state index in [2.05, 4.69) is 33.6 Å². The Hall–Kier alpha value is -2.48. The van der Waals surface area contributed by atoms with Gasteiger partial charge in [0.05, 0.1) is 23.3 Å². The van der Waals surface area contributed by atoms with Crippen LogP contribution in [-0.4, -0.2) is 29.9 Å². The van der Waals surface area contributed by atoms with Gasteiger partial charge < -0.3 is 10.6 Å². The molecule has 4 nitrogen and oxygen atoms in total. The van der Waals surface area contributed by atoms with Crippen molar-refractivity contribution in [2.45, 2.75) is 31.8 Å². The van der Waals surface area contributed by atoms with Crippen LogP contribution in [-0.2, 0) is 11.3 Å². The molecule has 1 atom stereocenters. The molecule has 1 saturated heterocycles. The zero-order valence-corrected chi connectivity index (χ0v) is 16.0. The van der Waals surface area contributed by atoms with Gasteiger partial charge in [-0.2, -0.15) is 0 Å². The van der Waals surface area contributed by atoms with E-state index in [0.717, 1.165) is 31.5 Å². The molecule has 2 aromatic carbocycles. The van der Waals surface area contributed by atoms with Gasteiger partial charge in [-0.3, -0.25) is 9.69 Å². The fraction of sp³-hybridized carbons (Fsp3) is 0.318. The summed E-state index contributed by atoms with van der Waals surface area (Å²) in [5.74, 6) is 2.62. The smallest absolute Gasteiger partial charge is 0.241 e. The Kier molecular flexibility index (Phi) is 6.75. The van der Waals surface area contributed by atoms with Crippen LogP contribution < -0.4 is 10.6 Å². The van der Waals surface area contributed by atoms with E-state index in [1.165, 1.54) is 5.56 Å². The van der Waals surface area contributed by atoms with Gasteiger partial charge in [-0.25, -0.2) is 0 Å². The molecule has 3 rings (SSSR count). The standard InChI is InChI=1S/C22H24ClN3O/c1-2-13-26-14-7-6-10-21(26)22(27)25-18-11-12-20(19(23)15-18)24-16-17-8-4-3-5-9-17/h1,3-5,8-9,11-12,15,21,24H,6-7,10,13-14,16H2,(H,25,27). The second-order valence-corrected chi connectivity index (χ2v) is 7.12. The Balaban J connectivity index is 1.61. The highest BCUT2D eigenvalue weighted by Crippen LogP contribution is 2.27. The third-order valence-corrected chi connectivity index (χ3v) is 5.09. The average molecular weight is 382 g/mol. The molecule has 1 aliphatic rings. The van der Waals surface area contributed by atoms with E-state index in [1.54, 1.807) is 6.07 Å². The lowest BCUT2D eigenvalue weighted by Gasteiger charge is -2.33. The van der Waals surface area contributed by atoms with Crippen LogP contribution in [0.25, 0.3) is 0 Å². The number of nitrogens with one attached hydrogen (secondary N) is 2. The number of terminal acetylenes is 1. The number of carbonyl (C=O) groups is 1. The van der Waals surface area contributed by atoms with Crippen molar-refractivity contribution < 1.29 is 4.79 Å². The molecular weight excluding hydrogens is 358 g/mol. The molecule has 1 aliphatic heterocycles. The van der Waals surface area contributed by atoms with Crippen LogP contribution in [0.5, 0.6) is 0 Å². The second-order valence-electron chi connectivity index (χ2n) is 6.71. The van der Waals surface area contributed by atoms with Crippen LogP contribution in [0.15, 0.2) is 48.5 Å². The molecule has 0 aliphatic carbocycles. The molecule has 1 fully saturated rings. The number of hydrogen-bond donors (Lipinski definition) is 2. The molecule has 0 radical (unpaired) electrons. The first-order valence-corrected chi connectivity index (χ1v) is 9.61. The first-order valence-electron chi connectivity index (χ1n) is 9.23. The third-order valence-electron chi connectivity index (χ3n) is 4.77.